The highest BCUT2D eigenvalue weighted by Gasteiger charge is 2.47. The molecule has 0 aliphatic rings. The molecule has 21 heavy (non-hydrogen) atoms. The van der Waals surface area contributed by atoms with Crippen LogP contribution in [0.25, 0.3) is 0 Å². The van der Waals surface area contributed by atoms with Gasteiger partial charge in [0.1, 0.15) is 0 Å². The molecule has 1 unspecified atom stereocenters. The number of carbonyl (C=O) groups is 1. The van der Waals surface area contributed by atoms with Crippen molar-refractivity contribution in [2.45, 2.75) is 31.3 Å². The van der Waals surface area contributed by atoms with Crippen LogP contribution in [0.2, 0.25) is 0 Å². The number of aromatic nitrogens is 2. The van der Waals surface area contributed by atoms with Gasteiger partial charge in [0.15, 0.2) is 5.69 Å². The van der Waals surface area contributed by atoms with Crippen molar-refractivity contribution < 1.29 is 26.4 Å². The average molecular weight is 325 g/mol. The molecule has 1 atom stereocenters. The van der Waals surface area contributed by atoms with E-state index in [-0.39, 0.29) is 6.04 Å². The van der Waals surface area contributed by atoms with Gasteiger partial charge in [-0.1, -0.05) is 13.0 Å². The van der Waals surface area contributed by atoms with Crippen LogP contribution in [0.1, 0.15) is 36.3 Å². The second kappa shape index (κ2) is 6.29. The third kappa shape index (κ3) is 4.06. The Labute approximate surface area is 119 Å². The molecule has 0 aromatic carbocycles. The maximum atomic E-state index is 12.2. The van der Waals surface area contributed by atoms with Gasteiger partial charge < -0.3 is 0 Å². The lowest BCUT2D eigenvalue weighted by molar-refractivity contribution is -0.0446. The molecule has 6 nitrogen and oxygen atoms in total. The fourth-order valence-corrected chi connectivity index (χ4v) is 2.01. The number of hydrogen-bond donors (Lipinski definition) is 1. The van der Waals surface area contributed by atoms with Crippen LogP contribution >= 0.6 is 0 Å². The molecule has 0 saturated heterocycles. The van der Waals surface area contributed by atoms with Crippen molar-refractivity contribution in [3.05, 3.63) is 30.6 Å². The molecule has 10 heteroatoms. The molecule has 0 fully saturated rings. The van der Waals surface area contributed by atoms with E-state index >= 15 is 0 Å². The van der Waals surface area contributed by atoms with Crippen LogP contribution in [0, 0.1) is 0 Å². The van der Waals surface area contributed by atoms with Crippen LogP contribution in [0.5, 0.6) is 0 Å². The van der Waals surface area contributed by atoms with Crippen LogP contribution in [-0.4, -0.2) is 29.6 Å². The summed E-state index contributed by atoms with van der Waals surface area (Å²) < 4.78 is 60.4. The summed E-state index contributed by atoms with van der Waals surface area (Å²) in [5, 5.41) is 3.79. The molecule has 1 aromatic rings. The zero-order chi connectivity index (χ0) is 16.3. The summed E-state index contributed by atoms with van der Waals surface area (Å²) in [6, 6.07) is 1.04. The van der Waals surface area contributed by atoms with Crippen molar-refractivity contribution in [1.82, 2.24) is 14.5 Å². The van der Waals surface area contributed by atoms with Gasteiger partial charge in [0.25, 0.3) is 5.91 Å². The van der Waals surface area contributed by atoms with Crippen LogP contribution in [0.15, 0.2) is 24.9 Å². The van der Waals surface area contributed by atoms with Gasteiger partial charge in [-0.15, -0.1) is 6.58 Å². The fourth-order valence-electron chi connectivity index (χ4n) is 1.55. The predicted octanol–water partition coefficient (Wildman–Crippen LogP) is 1.99. The summed E-state index contributed by atoms with van der Waals surface area (Å²) in [6.07, 6.45) is 4.26. The minimum Gasteiger partial charge on any atom is -0.269 e. The molecule has 1 N–H and O–H groups in total. The summed E-state index contributed by atoms with van der Waals surface area (Å²) in [5.74, 6) is -1.43. The van der Waals surface area contributed by atoms with E-state index in [1.54, 1.807) is 6.08 Å². The Hall–Kier alpha value is -1.84. The molecule has 1 rings (SSSR count). The average Bonchev–Trinajstić information content (AvgIpc) is 2.83. The zero-order valence-corrected chi connectivity index (χ0v) is 11.9. The lowest BCUT2D eigenvalue weighted by atomic mass is 10.1. The van der Waals surface area contributed by atoms with E-state index in [2.05, 4.69) is 11.7 Å². The van der Waals surface area contributed by atoms with E-state index in [0.29, 0.717) is 12.8 Å². The van der Waals surface area contributed by atoms with E-state index in [0.717, 1.165) is 10.8 Å². The minimum atomic E-state index is -5.74. The molecule has 0 aliphatic carbocycles. The topological polar surface area (TPSA) is 81.1 Å². The smallest absolute Gasteiger partial charge is 0.269 e. The van der Waals surface area contributed by atoms with E-state index in [1.807, 2.05) is 6.92 Å². The second-order valence-electron chi connectivity index (χ2n) is 4.15. The summed E-state index contributed by atoms with van der Waals surface area (Å²) in [4.78, 5) is 11.5. The van der Waals surface area contributed by atoms with Gasteiger partial charge >= 0.3 is 15.5 Å². The number of allylic oxidation sites excluding steroid dienone is 1. The molecule has 1 amide bonds. The van der Waals surface area contributed by atoms with Gasteiger partial charge in [-0.3, -0.25) is 9.48 Å². The first-order valence-corrected chi connectivity index (χ1v) is 7.40. The Bertz CT molecular complexity index is 622. The van der Waals surface area contributed by atoms with Gasteiger partial charge in [0.05, 0.1) is 6.04 Å². The molecular weight excluding hydrogens is 311 g/mol. The molecule has 0 bridgehead atoms. The van der Waals surface area contributed by atoms with Gasteiger partial charge in [-0.05, 0) is 18.9 Å². The van der Waals surface area contributed by atoms with Gasteiger partial charge in [-0.25, -0.2) is 4.72 Å². The summed E-state index contributed by atoms with van der Waals surface area (Å²) in [6.45, 7) is 5.43. The highest BCUT2D eigenvalue weighted by molar-refractivity contribution is 7.90. The number of halogens is 3. The fraction of sp³-hybridized carbons (Fsp3) is 0.455. The summed E-state index contributed by atoms with van der Waals surface area (Å²) >= 11 is 0. The number of carbonyl (C=O) groups excluding carboxylic acids is 1. The number of nitrogens with one attached hydrogen (secondary N) is 1. The first-order valence-electron chi connectivity index (χ1n) is 5.91. The number of sulfonamides is 1. The number of rotatable bonds is 6. The van der Waals surface area contributed by atoms with Crippen LogP contribution in [0.4, 0.5) is 13.2 Å². The van der Waals surface area contributed by atoms with Gasteiger partial charge in [0.2, 0.25) is 0 Å². The third-order valence-corrected chi connectivity index (χ3v) is 3.72. The molecule has 0 aliphatic heterocycles. The lowest BCUT2D eigenvalue weighted by Crippen LogP contribution is -2.40. The number of alkyl halides is 3. The molecular formula is C11H14F3N3O3S. The quantitative estimate of drug-likeness (QED) is 0.811. The molecule has 0 saturated carbocycles. The molecule has 118 valence electrons. The number of nitrogens with zero attached hydrogens (tertiary/aromatic N) is 2. The predicted molar refractivity (Wildman–Crippen MR) is 68.8 cm³/mol. The highest BCUT2D eigenvalue weighted by atomic mass is 32.2. The standard InChI is InChI=1S/C11H14F3N3O3S/c1-3-5-8(4-2)17-7-6-9(15-17)10(18)16-21(19,20)11(12,13)14/h3,6-8H,1,4-5H2,2H3,(H,16,18). The Morgan fingerprint density at radius 1 is 1.57 bits per heavy atom. The van der Waals surface area contributed by atoms with Crippen molar-refractivity contribution in [2.24, 2.45) is 0 Å². The Kier molecular flexibility index (Phi) is 5.15. The Morgan fingerprint density at radius 2 is 2.19 bits per heavy atom. The largest absolute Gasteiger partial charge is 0.516 e. The highest BCUT2D eigenvalue weighted by Crippen LogP contribution is 2.22. The van der Waals surface area contributed by atoms with E-state index in [4.69, 9.17) is 0 Å². The normalized spacial score (nSPS) is 13.7. The first-order chi connectivity index (χ1) is 9.62. The van der Waals surface area contributed by atoms with E-state index in [1.165, 1.54) is 10.9 Å². The van der Waals surface area contributed by atoms with Crippen molar-refractivity contribution in [3.63, 3.8) is 0 Å². The lowest BCUT2D eigenvalue weighted by Gasteiger charge is -2.13. The third-order valence-electron chi connectivity index (χ3n) is 2.66. The monoisotopic (exact) mass is 325 g/mol. The Balaban J connectivity index is 2.91. The summed E-state index contributed by atoms with van der Waals surface area (Å²) in [5.41, 5.74) is -5.97. The van der Waals surface area contributed by atoms with Crippen LogP contribution < -0.4 is 4.72 Å². The van der Waals surface area contributed by atoms with Crippen molar-refractivity contribution in [2.75, 3.05) is 0 Å². The number of hydrogen-bond acceptors (Lipinski definition) is 4. The molecule has 0 spiro atoms. The maximum Gasteiger partial charge on any atom is 0.516 e. The summed E-state index contributed by atoms with van der Waals surface area (Å²) in [7, 11) is -5.74. The molecule has 1 aromatic heterocycles. The maximum absolute atomic E-state index is 12.2. The second-order valence-corrected chi connectivity index (χ2v) is 5.82. The van der Waals surface area contributed by atoms with Gasteiger partial charge in [0, 0.05) is 6.20 Å². The van der Waals surface area contributed by atoms with Crippen LogP contribution in [0.3, 0.4) is 0 Å². The first kappa shape index (κ1) is 17.2. The SMILES string of the molecule is C=CCC(CC)n1ccc(C(=O)NS(=O)(=O)C(F)(F)F)n1. The minimum absolute atomic E-state index is 0.108. The van der Waals surface area contributed by atoms with E-state index < -0.39 is 27.1 Å². The van der Waals surface area contributed by atoms with Gasteiger partial charge in [-0.2, -0.15) is 26.7 Å². The Morgan fingerprint density at radius 3 is 2.67 bits per heavy atom. The van der Waals surface area contributed by atoms with Crippen LogP contribution in [-0.2, 0) is 10.0 Å². The van der Waals surface area contributed by atoms with E-state index in [9.17, 15) is 26.4 Å². The van der Waals surface area contributed by atoms with Crippen molar-refractivity contribution in [1.29, 1.82) is 0 Å². The molecule has 0 radical (unpaired) electrons. The number of amides is 1. The van der Waals surface area contributed by atoms with Crippen molar-refractivity contribution >= 4 is 15.9 Å². The molecule has 1 heterocycles. The zero-order valence-electron chi connectivity index (χ0n) is 11.1. The van der Waals surface area contributed by atoms with Crippen molar-refractivity contribution in [3.8, 4) is 0 Å².